The van der Waals surface area contributed by atoms with Gasteiger partial charge in [0.15, 0.2) is 6.04 Å². The second-order valence-corrected chi connectivity index (χ2v) is 3.39. The van der Waals surface area contributed by atoms with Crippen molar-refractivity contribution in [1.29, 1.82) is 0 Å². The SMILES string of the molecule is CCCCOC(=O)NC(C(=O)O)C(C)OC. The first-order valence-corrected chi connectivity index (χ1v) is 5.21. The molecular formula is C10H19NO5. The van der Waals surface area contributed by atoms with Gasteiger partial charge in [0, 0.05) is 7.11 Å². The van der Waals surface area contributed by atoms with Gasteiger partial charge in [0.05, 0.1) is 12.7 Å². The van der Waals surface area contributed by atoms with Gasteiger partial charge in [0.1, 0.15) is 0 Å². The number of carbonyl (C=O) groups is 2. The third kappa shape index (κ3) is 5.55. The number of unbranched alkanes of at least 4 members (excludes halogenated alkanes) is 1. The number of rotatable bonds is 7. The van der Waals surface area contributed by atoms with Crippen molar-refractivity contribution in [1.82, 2.24) is 5.32 Å². The van der Waals surface area contributed by atoms with Crippen LogP contribution in [0.1, 0.15) is 26.7 Å². The average molecular weight is 233 g/mol. The van der Waals surface area contributed by atoms with Gasteiger partial charge in [0.25, 0.3) is 0 Å². The zero-order chi connectivity index (χ0) is 12.6. The van der Waals surface area contributed by atoms with Crippen molar-refractivity contribution < 1.29 is 24.2 Å². The molecule has 2 atom stereocenters. The van der Waals surface area contributed by atoms with Crippen molar-refractivity contribution >= 4 is 12.1 Å². The van der Waals surface area contributed by atoms with E-state index in [0.29, 0.717) is 0 Å². The lowest BCUT2D eigenvalue weighted by atomic mass is 10.2. The molecule has 0 radical (unpaired) electrons. The number of ether oxygens (including phenoxy) is 2. The van der Waals surface area contributed by atoms with Gasteiger partial charge in [-0.2, -0.15) is 0 Å². The van der Waals surface area contributed by atoms with E-state index in [0.717, 1.165) is 12.8 Å². The van der Waals surface area contributed by atoms with Crippen molar-refractivity contribution in [3.63, 3.8) is 0 Å². The van der Waals surface area contributed by atoms with Gasteiger partial charge < -0.3 is 19.9 Å². The van der Waals surface area contributed by atoms with Gasteiger partial charge in [0.2, 0.25) is 0 Å². The maximum atomic E-state index is 11.2. The zero-order valence-electron chi connectivity index (χ0n) is 9.86. The Kier molecular flexibility index (Phi) is 7.28. The molecule has 6 nitrogen and oxygen atoms in total. The van der Waals surface area contributed by atoms with Gasteiger partial charge in [-0.15, -0.1) is 0 Å². The highest BCUT2D eigenvalue weighted by Crippen LogP contribution is 1.99. The Morgan fingerprint density at radius 3 is 2.50 bits per heavy atom. The van der Waals surface area contributed by atoms with Crippen LogP contribution in [-0.4, -0.2) is 43.0 Å². The van der Waals surface area contributed by atoms with Gasteiger partial charge >= 0.3 is 12.1 Å². The summed E-state index contributed by atoms with van der Waals surface area (Å²) < 4.78 is 9.64. The molecule has 0 rings (SSSR count). The molecule has 6 heteroatoms. The van der Waals surface area contributed by atoms with Gasteiger partial charge in [-0.25, -0.2) is 9.59 Å². The Bertz CT molecular complexity index is 231. The van der Waals surface area contributed by atoms with Crippen LogP contribution in [0.4, 0.5) is 4.79 Å². The first-order chi connectivity index (χ1) is 7.52. The van der Waals surface area contributed by atoms with Crippen LogP contribution in [0.3, 0.4) is 0 Å². The zero-order valence-corrected chi connectivity index (χ0v) is 9.86. The summed E-state index contributed by atoms with van der Waals surface area (Å²) in [7, 11) is 1.38. The number of amides is 1. The minimum absolute atomic E-state index is 0.288. The third-order valence-corrected chi connectivity index (χ3v) is 2.11. The Hall–Kier alpha value is -1.30. The number of hydrogen-bond acceptors (Lipinski definition) is 4. The molecular weight excluding hydrogens is 214 g/mol. The molecule has 0 saturated carbocycles. The van der Waals surface area contributed by atoms with Crippen LogP contribution in [0.25, 0.3) is 0 Å². The maximum absolute atomic E-state index is 11.2. The smallest absolute Gasteiger partial charge is 0.407 e. The monoisotopic (exact) mass is 233 g/mol. The first kappa shape index (κ1) is 14.7. The number of hydrogen-bond donors (Lipinski definition) is 2. The summed E-state index contributed by atoms with van der Waals surface area (Å²) in [5.41, 5.74) is 0. The van der Waals surface area contributed by atoms with Crippen LogP contribution in [-0.2, 0) is 14.3 Å². The highest BCUT2D eigenvalue weighted by Gasteiger charge is 2.26. The van der Waals surface area contributed by atoms with E-state index in [1.165, 1.54) is 7.11 Å². The Morgan fingerprint density at radius 1 is 1.44 bits per heavy atom. The second kappa shape index (κ2) is 7.92. The van der Waals surface area contributed by atoms with Crippen molar-refractivity contribution in [3.8, 4) is 0 Å². The van der Waals surface area contributed by atoms with E-state index in [-0.39, 0.29) is 6.61 Å². The molecule has 0 fully saturated rings. The summed E-state index contributed by atoms with van der Waals surface area (Å²) >= 11 is 0. The van der Waals surface area contributed by atoms with E-state index < -0.39 is 24.2 Å². The fourth-order valence-corrected chi connectivity index (χ4v) is 0.994. The number of nitrogens with one attached hydrogen (secondary N) is 1. The molecule has 0 aromatic rings. The molecule has 2 unspecified atom stereocenters. The average Bonchev–Trinajstić information content (AvgIpc) is 2.25. The van der Waals surface area contributed by atoms with E-state index >= 15 is 0 Å². The van der Waals surface area contributed by atoms with Crippen molar-refractivity contribution in [2.24, 2.45) is 0 Å². The van der Waals surface area contributed by atoms with E-state index in [1.807, 2.05) is 6.92 Å². The van der Waals surface area contributed by atoms with Gasteiger partial charge in [-0.1, -0.05) is 13.3 Å². The quantitative estimate of drug-likeness (QED) is 0.641. The van der Waals surface area contributed by atoms with Crippen molar-refractivity contribution in [2.75, 3.05) is 13.7 Å². The first-order valence-electron chi connectivity index (χ1n) is 5.21. The molecule has 1 amide bonds. The number of carboxylic acid groups (broad SMARTS) is 1. The number of carboxylic acids is 1. The molecule has 0 aromatic heterocycles. The highest BCUT2D eigenvalue weighted by atomic mass is 16.5. The van der Waals surface area contributed by atoms with Crippen LogP contribution >= 0.6 is 0 Å². The number of alkyl carbamates (subject to hydrolysis) is 1. The summed E-state index contributed by atoms with van der Waals surface area (Å²) in [6.07, 6.45) is 0.315. The summed E-state index contributed by atoms with van der Waals surface area (Å²) in [5, 5.41) is 11.1. The molecule has 94 valence electrons. The fraction of sp³-hybridized carbons (Fsp3) is 0.800. The molecule has 0 aromatic carbocycles. The summed E-state index contributed by atoms with van der Waals surface area (Å²) in [6, 6.07) is -1.10. The van der Waals surface area contributed by atoms with Crippen molar-refractivity contribution in [3.05, 3.63) is 0 Å². The minimum atomic E-state index is -1.15. The van der Waals surface area contributed by atoms with E-state index in [4.69, 9.17) is 14.6 Å². The molecule has 0 aliphatic carbocycles. The molecule has 0 saturated heterocycles. The topological polar surface area (TPSA) is 84.9 Å². The Labute approximate surface area is 94.9 Å². The van der Waals surface area contributed by atoms with Gasteiger partial charge in [-0.3, -0.25) is 0 Å². The van der Waals surface area contributed by atoms with Gasteiger partial charge in [-0.05, 0) is 13.3 Å². The predicted molar refractivity (Wildman–Crippen MR) is 57.3 cm³/mol. The number of carbonyl (C=O) groups excluding carboxylic acids is 1. The fourth-order valence-electron chi connectivity index (χ4n) is 0.994. The third-order valence-electron chi connectivity index (χ3n) is 2.11. The highest BCUT2D eigenvalue weighted by molar-refractivity contribution is 5.80. The lowest BCUT2D eigenvalue weighted by Crippen LogP contribution is -2.48. The van der Waals surface area contributed by atoms with E-state index in [2.05, 4.69) is 5.32 Å². The van der Waals surface area contributed by atoms with Crippen LogP contribution < -0.4 is 5.32 Å². The Balaban J connectivity index is 4.09. The van der Waals surface area contributed by atoms with Crippen LogP contribution in [0.15, 0.2) is 0 Å². The normalized spacial score (nSPS) is 13.9. The van der Waals surface area contributed by atoms with Crippen LogP contribution in [0.2, 0.25) is 0 Å². The van der Waals surface area contributed by atoms with E-state index in [9.17, 15) is 9.59 Å². The molecule has 0 aliphatic heterocycles. The molecule has 0 heterocycles. The maximum Gasteiger partial charge on any atom is 0.407 e. The Morgan fingerprint density at radius 2 is 2.06 bits per heavy atom. The predicted octanol–water partition coefficient (Wildman–Crippen LogP) is 1.00. The number of aliphatic carboxylic acids is 1. The molecule has 2 N–H and O–H groups in total. The standard InChI is InChI=1S/C10H19NO5/c1-4-5-6-16-10(14)11-8(9(12)13)7(2)15-3/h7-8H,4-6H2,1-3H3,(H,11,14)(H,12,13). The van der Waals surface area contributed by atoms with E-state index in [1.54, 1.807) is 6.92 Å². The summed E-state index contributed by atoms with van der Waals surface area (Å²) in [6.45, 7) is 3.81. The largest absolute Gasteiger partial charge is 0.480 e. The summed E-state index contributed by atoms with van der Waals surface area (Å²) in [4.78, 5) is 22.0. The lowest BCUT2D eigenvalue weighted by Gasteiger charge is -2.19. The molecule has 0 bridgehead atoms. The summed E-state index contributed by atoms with van der Waals surface area (Å²) in [5.74, 6) is -1.15. The lowest BCUT2D eigenvalue weighted by molar-refractivity contribution is -0.142. The molecule has 0 aliphatic rings. The minimum Gasteiger partial charge on any atom is -0.480 e. The second-order valence-electron chi connectivity index (χ2n) is 3.39. The molecule has 0 spiro atoms. The van der Waals surface area contributed by atoms with Crippen LogP contribution in [0, 0.1) is 0 Å². The molecule has 16 heavy (non-hydrogen) atoms. The van der Waals surface area contributed by atoms with Crippen molar-refractivity contribution in [2.45, 2.75) is 38.8 Å². The van der Waals surface area contributed by atoms with Crippen LogP contribution in [0.5, 0.6) is 0 Å². The number of methoxy groups -OCH3 is 1.